The Hall–Kier alpha value is -1.37. The van der Waals surface area contributed by atoms with E-state index in [1.807, 2.05) is 58.0 Å². The van der Waals surface area contributed by atoms with E-state index >= 15 is 0 Å². The molecule has 1 heteroatoms. The maximum Gasteiger partial charge on any atom is 0.161 e. The van der Waals surface area contributed by atoms with Crippen LogP contribution in [0, 0.1) is 5.41 Å². The summed E-state index contributed by atoms with van der Waals surface area (Å²) in [6.07, 6.45) is 1.73. The third kappa shape index (κ3) is 3.35. The van der Waals surface area contributed by atoms with Crippen molar-refractivity contribution in [1.82, 2.24) is 0 Å². The van der Waals surface area contributed by atoms with Crippen LogP contribution in [0.15, 0.2) is 36.4 Å². The van der Waals surface area contributed by atoms with Crippen molar-refractivity contribution in [3.63, 3.8) is 0 Å². The fraction of sp³-hybridized carbons (Fsp3) is 0.357. The van der Waals surface area contributed by atoms with Gasteiger partial charge in [-0.1, -0.05) is 51.1 Å². The minimum Gasteiger partial charge on any atom is -0.294 e. The Morgan fingerprint density at radius 1 is 1.13 bits per heavy atom. The van der Waals surface area contributed by atoms with Gasteiger partial charge in [-0.05, 0) is 24.1 Å². The van der Waals surface area contributed by atoms with Gasteiger partial charge in [0.2, 0.25) is 0 Å². The quantitative estimate of drug-likeness (QED) is 0.668. The van der Waals surface area contributed by atoms with Gasteiger partial charge in [0.25, 0.3) is 0 Å². The zero-order chi connectivity index (χ0) is 11.5. The highest BCUT2D eigenvalue weighted by Crippen LogP contribution is 2.19. The lowest BCUT2D eigenvalue weighted by molar-refractivity contribution is -0.121. The van der Waals surface area contributed by atoms with Gasteiger partial charge >= 0.3 is 0 Å². The first-order valence-electron chi connectivity index (χ1n) is 5.19. The van der Waals surface area contributed by atoms with Crippen molar-refractivity contribution in [3.8, 4) is 0 Å². The summed E-state index contributed by atoms with van der Waals surface area (Å²) in [5.41, 5.74) is 1.83. The molecule has 0 aliphatic carbocycles. The van der Waals surface area contributed by atoms with E-state index in [2.05, 4.69) is 0 Å². The normalized spacial score (nSPS) is 12.7. The first kappa shape index (κ1) is 11.7. The van der Waals surface area contributed by atoms with Crippen molar-refractivity contribution in [1.29, 1.82) is 0 Å². The zero-order valence-corrected chi connectivity index (χ0v) is 9.87. The number of hydrogen-bond donors (Lipinski definition) is 0. The van der Waals surface area contributed by atoms with Crippen LogP contribution < -0.4 is 0 Å². The van der Waals surface area contributed by atoms with Gasteiger partial charge in [0.05, 0.1) is 0 Å². The predicted octanol–water partition coefficient (Wildman–Crippen LogP) is 3.71. The van der Waals surface area contributed by atoms with E-state index in [0.29, 0.717) is 0 Å². The monoisotopic (exact) mass is 202 g/mol. The van der Waals surface area contributed by atoms with Crippen LogP contribution in [0.2, 0.25) is 0 Å². The van der Waals surface area contributed by atoms with E-state index in [1.54, 1.807) is 6.08 Å². The molecule has 0 saturated carbocycles. The number of ketones is 1. The van der Waals surface area contributed by atoms with Crippen LogP contribution in [-0.4, -0.2) is 5.78 Å². The van der Waals surface area contributed by atoms with Gasteiger partial charge in [0.15, 0.2) is 5.78 Å². The summed E-state index contributed by atoms with van der Waals surface area (Å²) < 4.78 is 0. The first-order valence-corrected chi connectivity index (χ1v) is 5.19. The summed E-state index contributed by atoms with van der Waals surface area (Å²) in [5, 5.41) is 0. The molecular weight excluding hydrogens is 184 g/mol. The van der Waals surface area contributed by atoms with Crippen molar-refractivity contribution in [2.75, 3.05) is 0 Å². The molecule has 0 unspecified atom stereocenters. The number of allylic oxidation sites excluding steroid dienone is 2. The molecule has 0 radical (unpaired) electrons. The van der Waals surface area contributed by atoms with E-state index in [-0.39, 0.29) is 11.2 Å². The standard InChI is InChI=1S/C14H18O/c1-11(10-13(15)14(2,3)4)12-8-6-5-7-9-12/h5-10H,1-4H3/b11-10+. The Labute approximate surface area is 91.8 Å². The second-order valence-corrected chi connectivity index (χ2v) is 4.81. The minimum atomic E-state index is -0.296. The molecule has 1 aromatic rings. The van der Waals surface area contributed by atoms with Gasteiger partial charge in [0.1, 0.15) is 0 Å². The van der Waals surface area contributed by atoms with Gasteiger partial charge in [-0.2, -0.15) is 0 Å². The van der Waals surface area contributed by atoms with Crippen LogP contribution in [0.3, 0.4) is 0 Å². The van der Waals surface area contributed by atoms with E-state index in [0.717, 1.165) is 11.1 Å². The molecule has 0 spiro atoms. The van der Waals surface area contributed by atoms with Crippen LogP contribution in [0.5, 0.6) is 0 Å². The number of benzene rings is 1. The molecule has 0 heterocycles. The highest BCUT2D eigenvalue weighted by Gasteiger charge is 2.18. The van der Waals surface area contributed by atoms with Gasteiger partial charge in [-0.25, -0.2) is 0 Å². The lowest BCUT2D eigenvalue weighted by Gasteiger charge is -2.14. The topological polar surface area (TPSA) is 17.1 Å². The average Bonchev–Trinajstić information content (AvgIpc) is 2.17. The van der Waals surface area contributed by atoms with Crippen molar-refractivity contribution in [2.45, 2.75) is 27.7 Å². The summed E-state index contributed by atoms with van der Waals surface area (Å²) in [7, 11) is 0. The van der Waals surface area contributed by atoms with Crippen molar-refractivity contribution in [2.24, 2.45) is 5.41 Å². The maximum absolute atomic E-state index is 11.8. The first-order chi connectivity index (χ1) is 6.91. The Morgan fingerprint density at radius 2 is 1.67 bits per heavy atom. The van der Waals surface area contributed by atoms with Crippen LogP contribution >= 0.6 is 0 Å². The van der Waals surface area contributed by atoms with Crippen LogP contribution in [-0.2, 0) is 4.79 Å². The fourth-order valence-electron chi connectivity index (χ4n) is 1.20. The third-order valence-electron chi connectivity index (χ3n) is 2.32. The molecule has 0 aliphatic rings. The highest BCUT2D eigenvalue weighted by molar-refractivity contribution is 5.99. The van der Waals surface area contributed by atoms with Crippen molar-refractivity contribution < 1.29 is 4.79 Å². The number of carbonyl (C=O) groups is 1. The molecule has 0 atom stereocenters. The van der Waals surface area contributed by atoms with E-state index < -0.39 is 0 Å². The molecule has 80 valence electrons. The highest BCUT2D eigenvalue weighted by atomic mass is 16.1. The molecule has 0 bridgehead atoms. The molecule has 0 fully saturated rings. The summed E-state index contributed by atoms with van der Waals surface area (Å²) in [5.74, 6) is 0.170. The van der Waals surface area contributed by atoms with Crippen LogP contribution in [0.25, 0.3) is 5.57 Å². The number of rotatable bonds is 2. The molecule has 15 heavy (non-hydrogen) atoms. The zero-order valence-electron chi connectivity index (χ0n) is 9.87. The second-order valence-electron chi connectivity index (χ2n) is 4.81. The summed E-state index contributed by atoms with van der Waals surface area (Å²) >= 11 is 0. The second kappa shape index (κ2) is 4.43. The summed E-state index contributed by atoms with van der Waals surface area (Å²) in [4.78, 5) is 11.8. The lowest BCUT2D eigenvalue weighted by atomic mass is 9.89. The number of hydrogen-bond acceptors (Lipinski definition) is 1. The molecule has 0 aromatic heterocycles. The van der Waals surface area contributed by atoms with Crippen LogP contribution in [0.1, 0.15) is 33.3 Å². The van der Waals surface area contributed by atoms with Gasteiger partial charge in [-0.3, -0.25) is 4.79 Å². The third-order valence-corrected chi connectivity index (χ3v) is 2.32. The van der Waals surface area contributed by atoms with E-state index in [9.17, 15) is 4.79 Å². The Bertz CT molecular complexity index is 366. The predicted molar refractivity (Wildman–Crippen MR) is 64.6 cm³/mol. The molecule has 1 aromatic carbocycles. The van der Waals surface area contributed by atoms with E-state index in [1.165, 1.54) is 0 Å². The van der Waals surface area contributed by atoms with Gasteiger partial charge in [0, 0.05) is 5.41 Å². The van der Waals surface area contributed by atoms with Crippen molar-refractivity contribution in [3.05, 3.63) is 42.0 Å². The Kier molecular flexibility index (Phi) is 3.46. The molecule has 1 rings (SSSR count). The van der Waals surface area contributed by atoms with Gasteiger partial charge < -0.3 is 0 Å². The summed E-state index contributed by atoms with van der Waals surface area (Å²) in [6, 6.07) is 9.97. The Morgan fingerprint density at radius 3 is 2.13 bits per heavy atom. The maximum atomic E-state index is 11.8. The number of carbonyl (C=O) groups excluding carboxylic acids is 1. The molecule has 0 N–H and O–H groups in total. The van der Waals surface area contributed by atoms with Gasteiger partial charge in [-0.15, -0.1) is 0 Å². The molecule has 1 nitrogen and oxygen atoms in total. The molecular formula is C14H18O. The Balaban J connectivity index is 2.91. The molecule has 0 aliphatic heterocycles. The fourth-order valence-corrected chi connectivity index (χ4v) is 1.20. The minimum absolute atomic E-state index is 0.170. The summed E-state index contributed by atoms with van der Waals surface area (Å²) in [6.45, 7) is 7.78. The largest absolute Gasteiger partial charge is 0.294 e. The SMILES string of the molecule is C/C(=C\C(=O)C(C)(C)C)c1ccccc1. The average molecular weight is 202 g/mol. The smallest absolute Gasteiger partial charge is 0.161 e. The van der Waals surface area contributed by atoms with E-state index in [4.69, 9.17) is 0 Å². The van der Waals surface area contributed by atoms with Crippen molar-refractivity contribution >= 4 is 11.4 Å². The lowest BCUT2D eigenvalue weighted by Crippen LogP contribution is -2.17. The molecule has 0 amide bonds. The van der Waals surface area contributed by atoms with Crippen LogP contribution in [0.4, 0.5) is 0 Å². The molecule has 0 saturated heterocycles.